The number of pyridine rings is 1. The zero-order chi connectivity index (χ0) is 14.6. The SMILES string of the molecule is CCOC(=O)Cc1c(C(F)F)cnc([N+](=O)[O-])c1C. The van der Waals surface area contributed by atoms with E-state index in [9.17, 15) is 23.7 Å². The van der Waals surface area contributed by atoms with Gasteiger partial charge in [-0.25, -0.2) is 8.78 Å². The van der Waals surface area contributed by atoms with Crippen LogP contribution in [0.2, 0.25) is 0 Å². The summed E-state index contributed by atoms with van der Waals surface area (Å²) in [4.78, 5) is 24.7. The summed E-state index contributed by atoms with van der Waals surface area (Å²) in [5.74, 6) is -1.25. The first-order valence-corrected chi connectivity index (χ1v) is 5.45. The van der Waals surface area contributed by atoms with E-state index in [1.165, 1.54) is 6.92 Å². The zero-order valence-electron chi connectivity index (χ0n) is 10.4. The Morgan fingerprint density at radius 1 is 1.58 bits per heavy atom. The van der Waals surface area contributed by atoms with E-state index in [2.05, 4.69) is 9.72 Å². The van der Waals surface area contributed by atoms with E-state index < -0.39 is 35.1 Å². The van der Waals surface area contributed by atoms with Crippen LogP contribution in [0.15, 0.2) is 6.20 Å². The summed E-state index contributed by atoms with van der Waals surface area (Å²) in [7, 11) is 0. The van der Waals surface area contributed by atoms with Crippen molar-refractivity contribution in [2.75, 3.05) is 6.61 Å². The highest BCUT2D eigenvalue weighted by atomic mass is 19.3. The minimum absolute atomic E-state index is 0.0455. The molecular weight excluding hydrogens is 262 g/mol. The molecule has 0 N–H and O–H groups in total. The van der Waals surface area contributed by atoms with Gasteiger partial charge in [0.05, 0.1) is 24.2 Å². The molecule has 0 atom stereocenters. The summed E-state index contributed by atoms with van der Waals surface area (Å²) in [6.07, 6.45) is -2.58. The van der Waals surface area contributed by atoms with Crippen molar-refractivity contribution in [3.8, 4) is 0 Å². The Bertz CT molecular complexity index is 506. The van der Waals surface area contributed by atoms with Gasteiger partial charge in [0.1, 0.15) is 6.20 Å². The highest BCUT2D eigenvalue weighted by Crippen LogP contribution is 2.29. The van der Waals surface area contributed by atoms with Crippen LogP contribution in [0.4, 0.5) is 14.6 Å². The molecule has 0 unspecified atom stereocenters. The molecule has 6 nitrogen and oxygen atoms in total. The fraction of sp³-hybridized carbons (Fsp3) is 0.455. The Hall–Kier alpha value is -2.12. The van der Waals surface area contributed by atoms with E-state index in [0.717, 1.165) is 6.20 Å². The maximum Gasteiger partial charge on any atom is 0.366 e. The second-order valence-corrected chi connectivity index (χ2v) is 3.68. The first-order chi connectivity index (χ1) is 8.88. The van der Waals surface area contributed by atoms with E-state index in [-0.39, 0.29) is 17.7 Å². The largest absolute Gasteiger partial charge is 0.466 e. The zero-order valence-corrected chi connectivity index (χ0v) is 10.4. The van der Waals surface area contributed by atoms with E-state index in [4.69, 9.17) is 0 Å². The minimum Gasteiger partial charge on any atom is -0.466 e. The standard InChI is InChI=1S/C11H12F2N2O4/c1-3-19-9(16)4-7-6(2)11(15(17)18)14-5-8(7)10(12)13/h5,10H,3-4H2,1-2H3. The molecule has 0 aliphatic heterocycles. The fourth-order valence-electron chi connectivity index (χ4n) is 1.62. The molecule has 0 spiro atoms. The highest BCUT2D eigenvalue weighted by Gasteiger charge is 2.25. The normalized spacial score (nSPS) is 10.6. The van der Waals surface area contributed by atoms with E-state index in [0.29, 0.717) is 0 Å². The molecule has 0 saturated heterocycles. The molecule has 1 aromatic heterocycles. The van der Waals surface area contributed by atoms with Crippen LogP contribution in [0, 0.1) is 17.0 Å². The van der Waals surface area contributed by atoms with Crippen molar-refractivity contribution in [2.45, 2.75) is 26.7 Å². The topological polar surface area (TPSA) is 82.3 Å². The summed E-state index contributed by atoms with van der Waals surface area (Å²) in [6, 6.07) is 0. The second kappa shape index (κ2) is 6.17. The predicted octanol–water partition coefficient (Wildman–Crippen LogP) is 2.34. The van der Waals surface area contributed by atoms with Gasteiger partial charge in [0.25, 0.3) is 6.43 Å². The second-order valence-electron chi connectivity index (χ2n) is 3.68. The lowest BCUT2D eigenvalue weighted by Gasteiger charge is -2.10. The van der Waals surface area contributed by atoms with Crippen molar-refractivity contribution < 1.29 is 23.2 Å². The van der Waals surface area contributed by atoms with Gasteiger partial charge in [-0.1, -0.05) is 0 Å². The molecule has 8 heteroatoms. The summed E-state index contributed by atoms with van der Waals surface area (Å²) in [6.45, 7) is 2.97. The summed E-state index contributed by atoms with van der Waals surface area (Å²) >= 11 is 0. The van der Waals surface area contributed by atoms with Crippen molar-refractivity contribution >= 4 is 11.8 Å². The summed E-state index contributed by atoms with van der Waals surface area (Å²) in [5.41, 5.74) is -0.637. The van der Waals surface area contributed by atoms with E-state index >= 15 is 0 Å². The van der Waals surface area contributed by atoms with Crippen molar-refractivity contribution in [1.82, 2.24) is 4.98 Å². The van der Waals surface area contributed by atoms with Gasteiger partial charge in [0, 0.05) is 0 Å². The van der Waals surface area contributed by atoms with Gasteiger partial charge in [-0.2, -0.15) is 0 Å². The third-order valence-electron chi connectivity index (χ3n) is 2.50. The van der Waals surface area contributed by atoms with Gasteiger partial charge in [0.2, 0.25) is 0 Å². The van der Waals surface area contributed by atoms with Crippen LogP contribution in [0.3, 0.4) is 0 Å². The number of rotatable bonds is 5. The molecule has 0 bridgehead atoms. The van der Waals surface area contributed by atoms with Crippen molar-refractivity contribution in [2.24, 2.45) is 0 Å². The number of hydrogen-bond donors (Lipinski definition) is 0. The number of carbonyl (C=O) groups is 1. The molecule has 1 rings (SSSR count). The molecular formula is C11H12F2N2O4. The lowest BCUT2D eigenvalue weighted by atomic mass is 10.0. The summed E-state index contributed by atoms with van der Waals surface area (Å²) < 4.78 is 30.3. The Morgan fingerprint density at radius 2 is 2.21 bits per heavy atom. The van der Waals surface area contributed by atoms with Crippen molar-refractivity contribution in [3.63, 3.8) is 0 Å². The molecule has 104 valence electrons. The lowest BCUT2D eigenvalue weighted by Crippen LogP contribution is -2.12. The molecule has 0 fully saturated rings. The van der Waals surface area contributed by atoms with Crippen LogP contribution in [-0.4, -0.2) is 22.5 Å². The monoisotopic (exact) mass is 274 g/mol. The van der Waals surface area contributed by atoms with Crippen LogP contribution in [0.1, 0.15) is 30.0 Å². The number of ether oxygens (including phenoxy) is 1. The molecule has 0 aliphatic carbocycles. The smallest absolute Gasteiger partial charge is 0.366 e. The number of alkyl halides is 2. The van der Waals surface area contributed by atoms with Gasteiger partial charge in [-0.15, -0.1) is 0 Å². The molecule has 0 saturated carbocycles. The number of aromatic nitrogens is 1. The highest BCUT2D eigenvalue weighted by molar-refractivity contribution is 5.74. The number of nitrogens with zero attached hydrogens (tertiary/aromatic N) is 2. The average Bonchev–Trinajstić information content (AvgIpc) is 2.31. The maximum absolute atomic E-state index is 12.8. The van der Waals surface area contributed by atoms with E-state index in [1.807, 2.05) is 0 Å². The van der Waals surface area contributed by atoms with Gasteiger partial charge in [0.15, 0.2) is 0 Å². The van der Waals surface area contributed by atoms with Crippen LogP contribution in [-0.2, 0) is 16.0 Å². The van der Waals surface area contributed by atoms with Crippen LogP contribution < -0.4 is 0 Å². The van der Waals surface area contributed by atoms with Crippen molar-refractivity contribution in [3.05, 3.63) is 33.0 Å². The molecule has 1 heterocycles. The summed E-state index contributed by atoms with van der Waals surface area (Å²) in [5, 5.41) is 10.7. The predicted molar refractivity (Wildman–Crippen MR) is 60.9 cm³/mol. The molecule has 1 aromatic rings. The number of nitro groups is 1. The molecule has 19 heavy (non-hydrogen) atoms. The van der Waals surface area contributed by atoms with Gasteiger partial charge < -0.3 is 14.9 Å². The number of halogens is 2. The van der Waals surface area contributed by atoms with Gasteiger partial charge in [-0.3, -0.25) is 4.79 Å². The quantitative estimate of drug-likeness (QED) is 0.467. The Labute approximate surface area is 107 Å². The molecule has 0 radical (unpaired) electrons. The minimum atomic E-state index is -2.86. The number of esters is 1. The molecule has 0 aliphatic rings. The Morgan fingerprint density at radius 3 is 2.68 bits per heavy atom. The van der Waals surface area contributed by atoms with Crippen molar-refractivity contribution in [1.29, 1.82) is 0 Å². The van der Waals surface area contributed by atoms with Gasteiger partial charge in [-0.05, 0) is 29.3 Å². The fourth-order valence-corrected chi connectivity index (χ4v) is 1.62. The lowest BCUT2D eigenvalue weighted by molar-refractivity contribution is -0.390. The van der Waals surface area contributed by atoms with Gasteiger partial charge >= 0.3 is 11.8 Å². The van der Waals surface area contributed by atoms with E-state index in [1.54, 1.807) is 6.92 Å². The molecule has 0 aromatic carbocycles. The third-order valence-corrected chi connectivity index (χ3v) is 2.50. The Kier molecular flexibility index (Phi) is 4.85. The maximum atomic E-state index is 12.8. The third kappa shape index (κ3) is 3.43. The first kappa shape index (κ1) is 14.9. The Balaban J connectivity index is 3.26. The van der Waals surface area contributed by atoms with Crippen LogP contribution >= 0.6 is 0 Å². The number of carbonyl (C=O) groups excluding carboxylic acids is 1. The van der Waals surface area contributed by atoms with Crippen LogP contribution in [0.5, 0.6) is 0 Å². The average molecular weight is 274 g/mol. The number of hydrogen-bond acceptors (Lipinski definition) is 5. The van der Waals surface area contributed by atoms with Crippen LogP contribution in [0.25, 0.3) is 0 Å². The molecule has 0 amide bonds. The first-order valence-electron chi connectivity index (χ1n) is 5.45.